The molecule has 4 rings (SSSR count). The van der Waals surface area contributed by atoms with Crippen molar-refractivity contribution in [2.24, 2.45) is 0 Å². The molecule has 35 heavy (non-hydrogen) atoms. The van der Waals surface area contributed by atoms with Crippen LogP contribution in [0.25, 0.3) is 16.8 Å². The number of nitrogens with zero attached hydrogens (tertiary/aromatic N) is 2. The predicted molar refractivity (Wildman–Crippen MR) is 122 cm³/mol. The number of hydrogen-bond acceptors (Lipinski definition) is 4. The summed E-state index contributed by atoms with van der Waals surface area (Å²) in [7, 11) is 0. The number of aliphatic hydroxyl groups is 1. The van der Waals surface area contributed by atoms with Crippen LogP contribution in [-0.2, 0) is 16.9 Å². The Morgan fingerprint density at radius 1 is 1.14 bits per heavy atom. The normalized spacial score (nSPS) is 14.9. The van der Waals surface area contributed by atoms with Crippen LogP contribution in [0.2, 0.25) is 5.02 Å². The SMILES string of the molecule is C=C(c1cc(C2(O)CN(C(=O)OCc3ccccc3)C2)cc(-c2ccc(F)c(Cl)c2)n1)C(F)(F)F. The molecule has 1 N–H and O–H groups in total. The van der Waals surface area contributed by atoms with Gasteiger partial charge in [-0.15, -0.1) is 0 Å². The van der Waals surface area contributed by atoms with Crippen molar-refractivity contribution in [3.63, 3.8) is 0 Å². The summed E-state index contributed by atoms with van der Waals surface area (Å²) in [6, 6.07) is 15.1. The zero-order valence-corrected chi connectivity index (χ0v) is 18.9. The highest BCUT2D eigenvalue weighted by molar-refractivity contribution is 6.31. The van der Waals surface area contributed by atoms with Crippen molar-refractivity contribution in [2.75, 3.05) is 13.1 Å². The van der Waals surface area contributed by atoms with E-state index < -0.39 is 35.0 Å². The Kier molecular flexibility index (Phi) is 6.57. The average molecular weight is 507 g/mol. The number of β-amino-alcohol motifs (C(OH)–C–C–N with tert-alkyl or cyclic N) is 1. The molecule has 3 aromatic rings. The van der Waals surface area contributed by atoms with E-state index in [2.05, 4.69) is 11.6 Å². The molecular weight excluding hydrogens is 488 g/mol. The third-order valence-corrected chi connectivity index (χ3v) is 5.89. The second-order valence-corrected chi connectivity index (χ2v) is 8.57. The summed E-state index contributed by atoms with van der Waals surface area (Å²) >= 11 is 5.83. The number of amides is 1. The number of allylic oxidation sites excluding steroid dienone is 1. The highest BCUT2D eigenvalue weighted by Crippen LogP contribution is 2.38. The smallest absolute Gasteiger partial charge is 0.417 e. The molecule has 0 aliphatic carbocycles. The van der Waals surface area contributed by atoms with Crippen LogP contribution in [-0.4, -0.2) is 40.3 Å². The number of likely N-dealkylation sites (tertiary alicyclic amines) is 1. The molecule has 1 aliphatic heterocycles. The second kappa shape index (κ2) is 9.31. The van der Waals surface area contributed by atoms with Crippen molar-refractivity contribution in [2.45, 2.75) is 18.4 Å². The van der Waals surface area contributed by atoms with Crippen molar-refractivity contribution in [3.05, 3.63) is 94.9 Å². The fraction of sp³-hybridized carbons (Fsp3) is 0.200. The van der Waals surface area contributed by atoms with Gasteiger partial charge in [-0.1, -0.05) is 48.5 Å². The van der Waals surface area contributed by atoms with Gasteiger partial charge in [-0.05, 0) is 41.5 Å². The number of ether oxygens (including phenoxy) is 1. The molecule has 1 aromatic heterocycles. The van der Waals surface area contributed by atoms with Crippen molar-refractivity contribution < 1.29 is 32.2 Å². The number of carbonyl (C=O) groups excluding carboxylic acids is 1. The number of benzene rings is 2. The molecule has 10 heteroatoms. The van der Waals surface area contributed by atoms with E-state index in [0.717, 1.165) is 17.7 Å². The first-order valence-electron chi connectivity index (χ1n) is 10.4. The summed E-state index contributed by atoms with van der Waals surface area (Å²) in [5.74, 6) is -0.700. The Morgan fingerprint density at radius 2 is 1.83 bits per heavy atom. The number of pyridine rings is 1. The molecule has 5 nitrogen and oxygen atoms in total. The third kappa shape index (κ3) is 5.31. The van der Waals surface area contributed by atoms with Gasteiger partial charge in [-0.2, -0.15) is 13.2 Å². The highest BCUT2D eigenvalue weighted by Gasteiger charge is 2.46. The van der Waals surface area contributed by atoms with E-state index in [9.17, 15) is 27.5 Å². The molecule has 0 spiro atoms. The van der Waals surface area contributed by atoms with Gasteiger partial charge in [0.15, 0.2) is 0 Å². The minimum absolute atomic E-state index is 0.0309. The maximum Gasteiger partial charge on any atom is 0.417 e. The molecule has 1 fully saturated rings. The summed E-state index contributed by atoms with van der Waals surface area (Å²) in [4.78, 5) is 17.6. The molecular formula is C25H19ClF4N2O3. The highest BCUT2D eigenvalue weighted by atomic mass is 35.5. The lowest BCUT2D eigenvalue weighted by atomic mass is 9.85. The molecule has 0 radical (unpaired) electrons. The lowest BCUT2D eigenvalue weighted by Crippen LogP contribution is -2.61. The van der Waals surface area contributed by atoms with E-state index in [0.29, 0.717) is 0 Å². The number of rotatable bonds is 5. The lowest BCUT2D eigenvalue weighted by Gasteiger charge is -2.46. The number of aromatic nitrogens is 1. The van der Waals surface area contributed by atoms with E-state index in [1.54, 1.807) is 24.3 Å². The lowest BCUT2D eigenvalue weighted by molar-refractivity contribution is -0.0950. The topological polar surface area (TPSA) is 62.7 Å². The molecule has 1 aliphatic rings. The van der Waals surface area contributed by atoms with Crippen LogP contribution >= 0.6 is 11.6 Å². The monoisotopic (exact) mass is 506 g/mol. The fourth-order valence-corrected chi connectivity index (χ4v) is 3.79. The van der Waals surface area contributed by atoms with Crippen LogP contribution in [0.3, 0.4) is 0 Å². The Bertz CT molecular complexity index is 1280. The Balaban J connectivity index is 1.59. The van der Waals surface area contributed by atoms with Gasteiger partial charge in [0, 0.05) is 5.56 Å². The van der Waals surface area contributed by atoms with Gasteiger partial charge in [-0.25, -0.2) is 14.2 Å². The van der Waals surface area contributed by atoms with E-state index >= 15 is 0 Å². The molecule has 2 heterocycles. The summed E-state index contributed by atoms with van der Waals surface area (Å²) in [6.45, 7) is 2.72. The van der Waals surface area contributed by atoms with Gasteiger partial charge < -0.3 is 14.7 Å². The van der Waals surface area contributed by atoms with E-state index in [-0.39, 0.29) is 41.5 Å². The first-order chi connectivity index (χ1) is 16.5. The maximum atomic E-state index is 13.6. The van der Waals surface area contributed by atoms with Crippen molar-refractivity contribution >= 4 is 23.3 Å². The minimum atomic E-state index is -4.77. The van der Waals surface area contributed by atoms with E-state index in [1.165, 1.54) is 23.1 Å². The van der Waals surface area contributed by atoms with Gasteiger partial charge in [0.25, 0.3) is 0 Å². The largest absolute Gasteiger partial charge is 0.445 e. The number of halogens is 5. The molecule has 0 atom stereocenters. The van der Waals surface area contributed by atoms with Crippen LogP contribution in [0.5, 0.6) is 0 Å². The molecule has 0 unspecified atom stereocenters. The number of hydrogen-bond donors (Lipinski definition) is 1. The van der Waals surface area contributed by atoms with Gasteiger partial charge in [0.2, 0.25) is 0 Å². The van der Waals surface area contributed by atoms with Crippen LogP contribution in [0.15, 0.2) is 67.2 Å². The first kappa shape index (κ1) is 24.7. The molecule has 1 amide bonds. The predicted octanol–water partition coefficient (Wildman–Crippen LogP) is 5.96. The van der Waals surface area contributed by atoms with Gasteiger partial charge in [0.05, 0.1) is 35.1 Å². The molecule has 0 bridgehead atoms. The molecule has 0 saturated carbocycles. The number of carbonyl (C=O) groups is 1. The second-order valence-electron chi connectivity index (χ2n) is 8.16. The summed E-state index contributed by atoms with van der Waals surface area (Å²) in [6.07, 6.45) is -5.43. The van der Waals surface area contributed by atoms with E-state index in [4.69, 9.17) is 16.3 Å². The van der Waals surface area contributed by atoms with Crippen molar-refractivity contribution in [1.29, 1.82) is 0 Å². The first-order valence-corrected chi connectivity index (χ1v) is 10.8. The fourth-order valence-electron chi connectivity index (χ4n) is 3.61. The summed E-state index contributed by atoms with van der Waals surface area (Å²) in [5.41, 5.74) is -2.22. The minimum Gasteiger partial charge on any atom is -0.445 e. The van der Waals surface area contributed by atoms with Crippen molar-refractivity contribution in [1.82, 2.24) is 9.88 Å². The van der Waals surface area contributed by atoms with Crippen LogP contribution in [0.1, 0.15) is 16.8 Å². The Labute approximate surface area is 203 Å². The summed E-state index contributed by atoms with van der Waals surface area (Å²) in [5, 5.41) is 10.9. The zero-order chi connectivity index (χ0) is 25.4. The number of alkyl halides is 3. The van der Waals surface area contributed by atoms with Crippen LogP contribution in [0, 0.1) is 5.82 Å². The average Bonchev–Trinajstić information content (AvgIpc) is 2.81. The molecule has 2 aromatic carbocycles. The van der Waals surface area contributed by atoms with Gasteiger partial charge >= 0.3 is 12.3 Å². The standard InChI is InChI=1S/C25H19ClF4N2O3/c1-15(25(28,29)30)21-10-18(11-22(31-21)17-7-8-20(27)19(26)9-17)24(34)13-32(14-24)23(33)35-12-16-5-3-2-4-6-16/h2-11,34H,1,12-14H2. The van der Waals surface area contributed by atoms with Gasteiger partial charge in [-0.3, -0.25) is 0 Å². The molecule has 1 saturated heterocycles. The maximum absolute atomic E-state index is 13.6. The quantitative estimate of drug-likeness (QED) is 0.434. The third-order valence-electron chi connectivity index (χ3n) is 5.60. The van der Waals surface area contributed by atoms with Crippen LogP contribution in [0.4, 0.5) is 22.4 Å². The van der Waals surface area contributed by atoms with E-state index in [1.807, 2.05) is 6.07 Å². The molecule has 182 valence electrons. The Morgan fingerprint density at radius 3 is 2.46 bits per heavy atom. The Hall–Kier alpha value is -3.43. The summed E-state index contributed by atoms with van der Waals surface area (Å²) < 4.78 is 58.9. The van der Waals surface area contributed by atoms with Gasteiger partial charge in [0.1, 0.15) is 18.0 Å². The van der Waals surface area contributed by atoms with Crippen LogP contribution < -0.4 is 0 Å². The van der Waals surface area contributed by atoms with Crippen molar-refractivity contribution in [3.8, 4) is 11.3 Å². The zero-order valence-electron chi connectivity index (χ0n) is 18.1.